The summed E-state index contributed by atoms with van der Waals surface area (Å²) >= 11 is 0. The van der Waals surface area contributed by atoms with Gasteiger partial charge in [-0.1, -0.05) is 51.3 Å². The second-order valence-corrected chi connectivity index (χ2v) is 6.45. The summed E-state index contributed by atoms with van der Waals surface area (Å²) in [5.74, 6) is 0.707. The van der Waals surface area contributed by atoms with Crippen molar-refractivity contribution in [2.75, 3.05) is 6.61 Å². The van der Waals surface area contributed by atoms with E-state index in [1.54, 1.807) is 30.3 Å². The molecule has 1 rings (SSSR count). The fraction of sp³-hybridized carbons (Fsp3) is 0.571. The topological polar surface area (TPSA) is 78.4 Å². The van der Waals surface area contributed by atoms with Crippen molar-refractivity contribution in [1.29, 1.82) is 0 Å². The Morgan fingerprint density at radius 1 is 1.05 bits per heavy atom. The molecule has 0 bridgehead atoms. The minimum Gasteiger partial charge on any atom is -0.344 e. The Kier molecular flexibility index (Phi) is 8.63. The van der Waals surface area contributed by atoms with Crippen molar-refractivity contribution >= 4 is 10.1 Å². The van der Waals surface area contributed by atoms with Crippen LogP contribution in [-0.4, -0.2) is 15.0 Å². The SMILES string of the molecule is CC(C)CCCCCOS(=O)(=O)c1ccccc1.N. The third kappa shape index (κ3) is 7.30. The van der Waals surface area contributed by atoms with E-state index in [2.05, 4.69) is 13.8 Å². The zero-order valence-corrected chi connectivity index (χ0v) is 12.7. The van der Waals surface area contributed by atoms with Crippen LogP contribution in [0.1, 0.15) is 39.5 Å². The van der Waals surface area contributed by atoms with Crippen LogP contribution >= 0.6 is 0 Å². The number of hydrogen-bond donors (Lipinski definition) is 1. The molecule has 1 aromatic rings. The minimum atomic E-state index is -3.56. The van der Waals surface area contributed by atoms with Gasteiger partial charge in [0.25, 0.3) is 10.1 Å². The molecule has 3 N–H and O–H groups in total. The molecule has 0 amide bonds. The predicted octanol–water partition coefficient (Wildman–Crippen LogP) is 3.77. The Morgan fingerprint density at radius 2 is 1.68 bits per heavy atom. The molecule has 0 fully saturated rings. The van der Waals surface area contributed by atoms with Gasteiger partial charge in [-0.3, -0.25) is 4.18 Å². The van der Waals surface area contributed by atoms with Crippen molar-refractivity contribution in [2.45, 2.75) is 44.4 Å². The standard InChI is InChI=1S/C14H22O3S.H3N/c1-13(2)9-5-4-8-12-17-18(15,16)14-10-6-3-7-11-14;/h3,6-7,10-11,13H,4-5,8-9,12H2,1-2H3;1H3. The molecule has 0 spiro atoms. The van der Waals surface area contributed by atoms with E-state index in [0.29, 0.717) is 5.92 Å². The lowest BCUT2D eigenvalue weighted by atomic mass is 10.1. The molecule has 4 nitrogen and oxygen atoms in total. The van der Waals surface area contributed by atoms with E-state index in [1.165, 1.54) is 6.42 Å². The Balaban J connectivity index is 0.00000324. The highest BCUT2D eigenvalue weighted by atomic mass is 32.2. The first-order valence-corrected chi connectivity index (χ1v) is 7.87. The summed E-state index contributed by atoms with van der Waals surface area (Å²) in [5.41, 5.74) is 0. The largest absolute Gasteiger partial charge is 0.344 e. The summed E-state index contributed by atoms with van der Waals surface area (Å²) in [6.07, 6.45) is 4.12. The van der Waals surface area contributed by atoms with Gasteiger partial charge in [-0.15, -0.1) is 0 Å². The average Bonchev–Trinajstić information content (AvgIpc) is 2.34. The molecule has 0 unspecified atom stereocenters. The summed E-state index contributed by atoms with van der Waals surface area (Å²) in [6.45, 7) is 4.65. The zero-order chi connectivity index (χ0) is 13.4. The van der Waals surface area contributed by atoms with Crippen LogP contribution in [0.4, 0.5) is 0 Å². The van der Waals surface area contributed by atoms with Gasteiger partial charge in [0.15, 0.2) is 0 Å². The van der Waals surface area contributed by atoms with Gasteiger partial charge < -0.3 is 6.15 Å². The summed E-state index contributed by atoms with van der Waals surface area (Å²) in [4.78, 5) is 0.229. The molecule has 0 heterocycles. The van der Waals surface area contributed by atoms with Crippen molar-refractivity contribution in [2.24, 2.45) is 5.92 Å². The average molecular weight is 287 g/mol. The van der Waals surface area contributed by atoms with Gasteiger partial charge in [0.05, 0.1) is 11.5 Å². The van der Waals surface area contributed by atoms with Gasteiger partial charge in [0.2, 0.25) is 0 Å². The quantitative estimate of drug-likeness (QED) is 0.583. The molecule has 0 aliphatic carbocycles. The first-order chi connectivity index (χ1) is 8.52. The van der Waals surface area contributed by atoms with E-state index < -0.39 is 10.1 Å². The van der Waals surface area contributed by atoms with Gasteiger partial charge in [-0.25, -0.2) is 0 Å². The van der Waals surface area contributed by atoms with Crippen LogP contribution in [0.15, 0.2) is 35.2 Å². The molecule has 110 valence electrons. The molecular formula is C14H25NO3S. The summed E-state index contributed by atoms with van der Waals surface area (Å²) < 4.78 is 28.5. The first kappa shape index (κ1) is 18.1. The van der Waals surface area contributed by atoms with E-state index in [9.17, 15) is 8.42 Å². The number of unbranched alkanes of at least 4 members (excludes halogenated alkanes) is 2. The van der Waals surface area contributed by atoms with Gasteiger partial charge in [-0.2, -0.15) is 8.42 Å². The number of rotatable bonds is 8. The normalized spacial score (nSPS) is 11.3. The van der Waals surface area contributed by atoms with Crippen LogP contribution in [0, 0.1) is 5.92 Å². The lowest BCUT2D eigenvalue weighted by Gasteiger charge is -2.06. The fourth-order valence-electron chi connectivity index (χ4n) is 1.66. The maximum atomic E-state index is 11.8. The second kappa shape index (κ2) is 9.07. The molecule has 0 aromatic heterocycles. The lowest BCUT2D eigenvalue weighted by Crippen LogP contribution is -2.07. The molecule has 0 aliphatic heterocycles. The number of hydrogen-bond acceptors (Lipinski definition) is 4. The van der Waals surface area contributed by atoms with Crippen LogP contribution < -0.4 is 6.15 Å². The predicted molar refractivity (Wildman–Crippen MR) is 77.9 cm³/mol. The molecule has 1 aromatic carbocycles. The lowest BCUT2D eigenvalue weighted by molar-refractivity contribution is 0.305. The van der Waals surface area contributed by atoms with Crippen LogP contribution in [0.3, 0.4) is 0 Å². The van der Waals surface area contributed by atoms with Crippen LogP contribution in [0.5, 0.6) is 0 Å². The third-order valence-electron chi connectivity index (χ3n) is 2.70. The highest BCUT2D eigenvalue weighted by molar-refractivity contribution is 7.86. The monoisotopic (exact) mass is 287 g/mol. The van der Waals surface area contributed by atoms with Crippen LogP contribution in [0.2, 0.25) is 0 Å². The zero-order valence-electron chi connectivity index (χ0n) is 11.8. The smallest absolute Gasteiger partial charge is 0.296 e. The van der Waals surface area contributed by atoms with E-state index in [-0.39, 0.29) is 17.7 Å². The molecule has 0 saturated carbocycles. The van der Waals surface area contributed by atoms with Crippen LogP contribution in [-0.2, 0) is 14.3 Å². The maximum absolute atomic E-state index is 11.8. The number of benzene rings is 1. The van der Waals surface area contributed by atoms with Gasteiger partial charge in [-0.05, 0) is 24.5 Å². The molecule has 0 saturated heterocycles. The van der Waals surface area contributed by atoms with Gasteiger partial charge in [0.1, 0.15) is 0 Å². The summed E-state index contributed by atoms with van der Waals surface area (Å²) in [7, 11) is -3.56. The molecule has 19 heavy (non-hydrogen) atoms. The van der Waals surface area contributed by atoms with Crippen molar-refractivity contribution in [1.82, 2.24) is 6.15 Å². The highest BCUT2D eigenvalue weighted by Gasteiger charge is 2.13. The second-order valence-electron chi connectivity index (χ2n) is 4.83. The van der Waals surface area contributed by atoms with E-state index in [1.807, 2.05) is 0 Å². The molecule has 0 aliphatic rings. The van der Waals surface area contributed by atoms with Crippen molar-refractivity contribution in [3.8, 4) is 0 Å². The van der Waals surface area contributed by atoms with Crippen LogP contribution in [0.25, 0.3) is 0 Å². The Bertz CT molecular complexity index is 429. The minimum absolute atomic E-state index is 0. The Hall–Kier alpha value is -0.910. The molecular weight excluding hydrogens is 262 g/mol. The van der Waals surface area contributed by atoms with E-state index in [0.717, 1.165) is 19.3 Å². The summed E-state index contributed by atoms with van der Waals surface area (Å²) in [5, 5.41) is 0. The van der Waals surface area contributed by atoms with E-state index in [4.69, 9.17) is 4.18 Å². The Morgan fingerprint density at radius 3 is 2.26 bits per heavy atom. The Labute approximate surface area is 116 Å². The summed E-state index contributed by atoms with van der Waals surface area (Å²) in [6, 6.07) is 8.27. The van der Waals surface area contributed by atoms with Gasteiger partial charge >= 0.3 is 0 Å². The van der Waals surface area contributed by atoms with Crippen molar-refractivity contribution in [3.05, 3.63) is 30.3 Å². The molecule has 0 radical (unpaired) electrons. The first-order valence-electron chi connectivity index (χ1n) is 6.47. The van der Waals surface area contributed by atoms with Crippen molar-refractivity contribution in [3.63, 3.8) is 0 Å². The maximum Gasteiger partial charge on any atom is 0.296 e. The van der Waals surface area contributed by atoms with Gasteiger partial charge in [0, 0.05) is 0 Å². The highest BCUT2D eigenvalue weighted by Crippen LogP contribution is 2.13. The fourth-order valence-corrected chi connectivity index (χ4v) is 2.62. The van der Waals surface area contributed by atoms with E-state index >= 15 is 0 Å². The van der Waals surface area contributed by atoms with Crippen molar-refractivity contribution < 1.29 is 12.6 Å². The molecule has 5 heteroatoms. The molecule has 0 atom stereocenters. The third-order valence-corrected chi connectivity index (χ3v) is 4.02.